The molecular weight excluding hydrogens is 324 g/mol. The Morgan fingerprint density at radius 1 is 1.17 bits per heavy atom. The zero-order valence-electron chi connectivity index (χ0n) is 13.5. The molecule has 24 heavy (non-hydrogen) atoms. The number of aryl methyl sites for hydroxylation is 1. The van der Waals surface area contributed by atoms with Crippen LogP contribution in [0.5, 0.6) is 0 Å². The van der Waals surface area contributed by atoms with Gasteiger partial charge in [0.15, 0.2) is 0 Å². The maximum atomic E-state index is 12.6. The minimum atomic E-state index is -0.365. The summed E-state index contributed by atoms with van der Waals surface area (Å²) in [5, 5.41) is 4.90. The summed E-state index contributed by atoms with van der Waals surface area (Å²) in [5.41, 5.74) is 2.81. The number of hydrogen-bond donors (Lipinski definition) is 1. The van der Waals surface area contributed by atoms with Gasteiger partial charge in [-0.05, 0) is 55.6 Å². The zero-order valence-corrected chi connectivity index (χ0v) is 14.4. The fourth-order valence-corrected chi connectivity index (χ4v) is 3.43. The molecule has 2 aromatic heterocycles. The molecule has 124 valence electrons. The monoisotopic (exact) mass is 342 g/mol. The van der Waals surface area contributed by atoms with Crippen LogP contribution in [0.3, 0.4) is 0 Å². The van der Waals surface area contributed by atoms with Gasteiger partial charge in [0.1, 0.15) is 5.69 Å². The van der Waals surface area contributed by atoms with Gasteiger partial charge in [0, 0.05) is 12.2 Å². The van der Waals surface area contributed by atoms with Gasteiger partial charge in [0.05, 0.1) is 22.4 Å². The van der Waals surface area contributed by atoms with Crippen LogP contribution in [0.1, 0.15) is 34.7 Å². The van der Waals surface area contributed by atoms with Crippen molar-refractivity contribution in [3.63, 3.8) is 0 Å². The maximum absolute atomic E-state index is 12.6. The van der Waals surface area contributed by atoms with Gasteiger partial charge in [-0.25, -0.2) is 4.79 Å². The third-order valence-electron chi connectivity index (χ3n) is 3.73. The van der Waals surface area contributed by atoms with Crippen LogP contribution in [0.4, 0.5) is 5.69 Å². The summed E-state index contributed by atoms with van der Waals surface area (Å²) >= 11 is 1.62. The molecular formula is C18H18N2O3S. The van der Waals surface area contributed by atoms with E-state index in [1.807, 2.05) is 29.0 Å². The molecule has 0 aliphatic rings. The molecule has 3 aromatic rings. The number of ether oxygens (including phenoxy) is 1. The second-order valence-corrected chi connectivity index (χ2v) is 6.14. The third-order valence-corrected chi connectivity index (χ3v) is 4.58. The van der Waals surface area contributed by atoms with Crippen LogP contribution >= 0.6 is 11.3 Å². The highest BCUT2D eigenvalue weighted by Crippen LogP contribution is 2.26. The van der Waals surface area contributed by atoms with Crippen molar-refractivity contribution in [3.8, 4) is 0 Å². The van der Waals surface area contributed by atoms with Crippen molar-refractivity contribution in [2.45, 2.75) is 20.4 Å². The summed E-state index contributed by atoms with van der Waals surface area (Å²) < 4.78 is 8.04. The first-order valence-electron chi connectivity index (χ1n) is 7.79. The van der Waals surface area contributed by atoms with E-state index >= 15 is 0 Å². The summed E-state index contributed by atoms with van der Waals surface area (Å²) in [5.74, 6) is -0.528. The first-order valence-corrected chi connectivity index (χ1v) is 8.67. The normalized spacial score (nSPS) is 10.8. The van der Waals surface area contributed by atoms with Gasteiger partial charge in [0.2, 0.25) is 0 Å². The van der Waals surface area contributed by atoms with Crippen molar-refractivity contribution in [1.29, 1.82) is 0 Å². The number of fused-ring (bicyclic) bond motifs is 1. The number of amides is 1. The number of benzene rings is 1. The van der Waals surface area contributed by atoms with Gasteiger partial charge in [-0.3, -0.25) is 4.79 Å². The number of carbonyl (C=O) groups excluding carboxylic acids is 2. The molecule has 1 amide bonds. The highest BCUT2D eigenvalue weighted by Gasteiger charge is 2.16. The van der Waals surface area contributed by atoms with Crippen LogP contribution in [0.25, 0.3) is 10.2 Å². The van der Waals surface area contributed by atoms with Gasteiger partial charge in [-0.2, -0.15) is 0 Å². The number of esters is 1. The number of carbonyl (C=O) groups is 2. The van der Waals surface area contributed by atoms with Crippen LogP contribution in [0.2, 0.25) is 0 Å². The van der Waals surface area contributed by atoms with Crippen molar-refractivity contribution in [2.24, 2.45) is 0 Å². The molecule has 0 fully saturated rings. The van der Waals surface area contributed by atoms with Crippen molar-refractivity contribution in [1.82, 2.24) is 4.57 Å². The molecule has 0 atom stereocenters. The van der Waals surface area contributed by atoms with Gasteiger partial charge in [-0.15, -0.1) is 11.3 Å². The predicted molar refractivity (Wildman–Crippen MR) is 95.8 cm³/mol. The van der Waals surface area contributed by atoms with Crippen molar-refractivity contribution in [2.75, 3.05) is 11.9 Å². The molecule has 0 aliphatic carbocycles. The lowest BCUT2D eigenvalue weighted by Crippen LogP contribution is -2.16. The Kier molecular flexibility index (Phi) is 4.66. The van der Waals surface area contributed by atoms with E-state index in [9.17, 15) is 9.59 Å². The standard InChI is InChI=1S/C18H18N2O3S/c1-3-20-14-9-10-24-16(14)11-15(20)17(21)19-13-7-5-12(6-8-13)18(22)23-4-2/h5-11H,3-4H2,1-2H3,(H,19,21). The molecule has 0 bridgehead atoms. The molecule has 0 radical (unpaired) electrons. The molecule has 1 aromatic carbocycles. The Morgan fingerprint density at radius 2 is 1.92 bits per heavy atom. The summed E-state index contributed by atoms with van der Waals surface area (Å²) in [6.45, 7) is 4.84. The van der Waals surface area contributed by atoms with E-state index in [4.69, 9.17) is 4.74 Å². The predicted octanol–water partition coefficient (Wildman–Crippen LogP) is 4.15. The average molecular weight is 342 g/mol. The Hall–Kier alpha value is -2.60. The Balaban J connectivity index is 1.78. The number of thiophene rings is 1. The lowest BCUT2D eigenvalue weighted by molar-refractivity contribution is 0.0526. The van der Waals surface area contributed by atoms with Crippen LogP contribution in [0.15, 0.2) is 41.8 Å². The van der Waals surface area contributed by atoms with Crippen LogP contribution in [-0.2, 0) is 11.3 Å². The molecule has 0 aliphatic heterocycles. The van der Waals surface area contributed by atoms with Crippen LogP contribution in [0, 0.1) is 0 Å². The van der Waals surface area contributed by atoms with E-state index in [1.54, 1.807) is 42.5 Å². The van der Waals surface area contributed by atoms with Gasteiger partial charge in [-0.1, -0.05) is 0 Å². The zero-order chi connectivity index (χ0) is 17.1. The minimum absolute atomic E-state index is 0.163. The first-order chi connectivity index (χ1) is 11.6. The second kappa shape index (κ2) is 6.88. The molecule has 6 heteroatoms. The van der Waals surface area contributed by atoms with Gasteiger partial charge in [0.25, 0.3) is 5.91 Å². The first kappa shape index (κ1) is 16.3. The molecule has 1 N–H and O–H groups in total. The summed E-state index contributed by atoms with van der Waals surface area (Å²) in [4.78, 5) is 24.2. The number of hydrogen-bond acceptors (Lipinski definition) is 4. The summed E-state index contributed by atoms with van der Waals surface area (Å²) in [7, 11) is 0. The number of aromatic nitrogens is 1. The van der Waals surface area contributed by atoms with Crippen molar-refractivity contribution >= 4 is 39.1 Å². The topological polar surface area (TPSA) is 60.3 Å². The van der Waals surface area contributed by atoms with Crippen molar-refractivity contribution < 1.29 is 14.3 Å². The maximum Gasteiger partial charge on any atom is 0.338 e. The molecule has 2 heterocycles. The quantitative estimate of drug-likeness (QED) is 0.709. The second-order valence-electron chi connectivity index (χ2n) is 5.20. The van der Waals surface area contributed by atoms with Crippen molar-refractivity contribution in [3.05, 3.63) is 53.0 Å². The summed E-state index contributed by atoms with van der Waals surface area (Å²) in [6.07, 6.45) is 0. The number of anilines is 1. The minimum Gasteiger partial charge on any atom is -0.462 e. The van der Waals surface area contributed by atoms with E-state index in [0.717, 1.165) is 16.8 Å². The molecule has 0 spiro atoms. The van der Waals surface area contributed by atoms with Gasteiger partial charge < -0.3 is 14.6 Å². The lowest BCUT2D eigenvalue weighted by Gasteiger charge is -2.09. The van der Waals surface area contributed by atoms with E-state index in [1.165, 1.54) is 0 Å². The largest absolute Gasteiger partial charge is 0.462 e. The fraction of sp³-hybridized carbons (Fsp3) is 0.222. The Labute approximate surface area is 143 Å². The van der Waals surface area contributed by atoms with E-state index < -0.39 is 0 Å². The fourth-order valence-electron chi connectivity index (χ4n) is 2.61. The van der Waals surface area contributed by atoms with E-state index in [2.05, 4.69) is 5.32 Å². The average Bonchev–Trinajstić information content (AvgIpc) is 3.16. The number of nitrogens with one attached hydrogen (secondary N) is 1. The smallest absolute Gasteiger partial charge is 0.338 e. The van der Waals surface area contributed by atoms with Crippen LogP contribution in [-0.4, -0.2) is 23.1 Å². The number of rotatable bonds is 5. The number of nitrogens with zero attached hydrogens (tertiary/aromatic N) is 1. The van der Waals surface area contributed by atoms with E-state index in [0.29, 0.717) is 23.6 Å². The SMILES string of the molecule is CCOC(=O)c1ccc(NC(=O)c2cc3sccc3n2CC)cc1. The third kappa shape index (κ3) is 3.05. The highest BCUT2D eigenvalue weighted by atomic mass is 32.1. The molecule has 3 rings (SSSR count). The lowest BCUT2D eigenvalue weighted by atomic mass is 10.2. The molecule has 0 saturated carbocycles. The van der Waals surface area contributed by atoms with Crippen LogP contribution < -0.4 is 5.32 Å². The van der Waals surface area contributed by atoms with Gasteiger partial charge >= 0.3 is 5.97 Å². The highest BCUT2D eigenvalue weighted by molar-refractivity contribution is 7.17. The molecule has 5 nitrogen and oxygen atoms in total. The molecule has 0 unspecified atom stereocenters. The Morgan fingerprint density at radius 3 is 2.58 bits per heavy atom. The summed E-state index contributed by atoms with van der Waals surface area (Å²) in [6, 6.07) is 10.6. The van der Waals surface area contributed by atoms with E-state index in [-0.39, 0.29) is 11.9 Å². The Bertz CT molecular complexity index is 877. The molecule has 0 saturated heterocycles.